The molecule has 1 aliphatic carbocycles. The number of sulfonamides is 1. The minimum Gasteiger partial charge on any atom is -0.289 e. The van der Waals surface area contributed by atoms with Gasteiger partial charge in [0.15, 0.2) is 5.78 Å². The zero-order valence-corrected chi connectivity index (χ0v) is 17.1. The van der Waals surface area contributed by atoms with Gasteiger partial charge < -0.3 is 0 Å². The molecule has 0 fully saturated rings. The Morgan fingerprint density at radius 1 is 1.03 bits per heavy atom. The fourth-order valence-corrected chi connectivity index (χ4v) is 4.96. The van der Waals surface area contributed by atoms with Gasteiger partial charge in [-0.1, -0.05) is 23.7 Å². The number of hydrogen-bond acceptors (Lipinski definition) is 4. The molecule has 0 radical (unpaired) electrons. The first-order chi connectivity index (χ1) is 13.9. The highest BCUT2D eigenvalue weighted by Crippen LogP contribution is 2.25. The molecule has 148 valence electrons. The van der Waals surface area contributed by atoms with Crippen LogP contribution in [0.3, 0.4) is 0 Å². The van der Waals surface area contributed by atoms with Gasteiger partial charge in [0.2, 0.25) is 10.0 Å². The van der Waals surface area contributed by atoms with Crippen molar-refractivity contribution in [3.63, 3.8) is 0 Å². The van der Waals surface area contributed by atoms with Gasteiger partial charge in [-0.2, -0.15) is 0 Å². The molecule has 5 nitrogen and oxygen atoms in total. The van der Waals surface area contributed by atoms with Crippen molar-refractivity contribution in [1.29, 1.82) is 0 Å². The molecule has 1 heterocycles. The fourth-order valence-electron chi connectivity index (χ4n) is 3.56. The Hall–Kier alpha value is -2.54. The Morgan fingerprint density at radius 3 is 2.55 bits per heavy atom. The summed E-state index contributed by atoms with van der Waals surface area (Å²) in [5.41, 5.74) is 3.32. The van der Waals surface area contributed by atoms with E-state index >= 15 is 0 Å². The van der Waals surface area contributed by atoms with Crippen LogP contribution in [-0.4, -0.2) is 25.2 Å². The van der Waals surface area contributed by atoms with Crippen LogP contribution in [0, 0.1) is 0 Å². The highest BCUT2D eigenvalue weighted by molar-refractivity contribution is 7.89. The molecule has 4 rings (SSSR count). The summed E-state index contributed by atoms with van der Waals surface area (Å²) in [6.45, 7) is 0. The average Bonchev–Trinajstić information content (AvgIpc) is 2.73. The number of aryl methyl sites for hydroxylation is 1. The van der Waals surface area contributed by atoms with Gasteiger partial charge in [0.05, 0.1) is 4.90 Å². The molecule has 3 aromatic rings. The highest BCUT2D eigenvalue weighted by Gasteiger charge is 2.25. The predicted molar refractivity (Wildman–Crippen MR) is 112 cm³/mol. The number of benzene rings is 2. The number of halogens is 1. The summed E-state index contributed by atoms with van der Waals surface area (Å²) < 4.78 is 28.0. The molecule has 7 heteroatoms. The van der Waals surface area contributed by atoms with Gasteiger partial charge in [0, 0.05) is 34.6 Å². The minimum atomic E-state index is -3.61. The van der Waals surface area contributed by atoms with Crippen LogP contribution in [0.5, 0.6) is 0 Å². The van der Waals surface area contributed by atoms with Crippen molar-refractivity contribution in [3.8, 4) is 0 Å². The summed E-state index contributed by atoms with van der Waals surface area (Å²) >= 11 is 5.84. The van der Waals surface area contributed by atoms with E-state index in [9.17, 15) is 13.2 Å². The van der Waals surface area contributed by atoms with Gasteiger partial charge in [-0.25, -0.2) is 13.1 Å². The number of carbonyl (C=O) groups excluding carboxylic acids is 1. The SMILES string of the molecule is O=C(c1cccnc1)c1ccc2c(c1)CCC(NS(=O)(=O)c1ccc(Cl)cc1)C2. The molecule has 2 aromatic carbocycles. The second-order valence-corrected chi connectivity index (χ2v) is 9.22. The molecule has 1 aromatic heterocycles. The van der Waals surface area contributed by atoms with Crippen LogP contribution >= 0.6 is 11.6 Å². The number of aromatic nitrogens is 1. The van der Waals surface area contributed by atoms with E-state index in [0.717, 1.165) is 11.1 Å². The molecule has 0 spiro atoms. The van der Waals surface area contributed by atoms with Crippen LogP contribution < -0.4 is 4.72 Å². The highest BCUT2D eigenvalue weighted by atomic mass is 35.5. The van der Waals surface area contributed by atoms with Crippen molar-refractivity contribution < 1.29 is 13.2 Å². The molecule has 0 saturated heterocycles. The number of nitrogens with one attached hydrogen (secondary N) is 1. The molecular formula is C22H19ClN2O3S. The van der Waals surface area contributed by atoms with Crippen molar-refractivity contribution in [2.75, 3.05) is 0 Å². The lowest BCUT2D eigenvalue weighted by atomic mass is 9.87. The van der Waals surface area contributed by atoms with E-state index in [1.165, 1.54) is 12.1 Å². The first-order valence-electron chi connectivity index (χ1n) is 9.27. The van der Waals surface area contributed by atoms with Gasteiger partial charge in [-0.3, -0.25) is 9.78 Å². The molecule has 0 saturated carbocycles. The summed E-state index contributed by atoms with van der Waals surface area (Å²) in [5.74, 6) is -0.0635. The van der Waals surface area contributed by atoms with E-state index in [1.807, 2.05) is 12.1 Å². The van der Waals surface area contributed by atoms with Gasteiger partial charge in [0.25, 0.3) is 0 Å². The van der Waals surface area contributed by atoms with Gasteiger partial charge in [0.1, 0.15) is 0 Å². The Labute approximate surface area is 174 Å². The lowest BCUT2D eigenvalue weighted by Gasteiger charge is -2.25. The zero-order chi connectivity index (χ0) is 20.4. The number of ketones is 1. The largest absolute Gasteiger partial charge is 0.289 e. The average molecular weight is 427 g/mol. The van der Waals surface area contributed by atoms with Crippen LogP contribution in [0.25, 0.3) is 0 Å². The van der Waals surface area contributed by atoms with Crippen molar-refractivity contribution in [3.05, 3.63) is 94.3 Å². The van der Waals surface area contributed by atoms with Crippen LogP contribution in [0.1, 0.15) is 33.5 Å². The predicted octanol–water partition coefficient (Wildman–Crippen LogP) is 3.80. The molecule has 0 bridgehead atoms. The maximum Gasteiger partial charge on any atom is 0.240 e. The van der Waals surface area contributed by atoms with E-state index in [0.29, 0.717) is 35.4 Å². The van der Waals surface area contributed by atoms with Gasteiger partial charge in [-0.05, 0) is 72.9 Å². The maximum absolute atomic E-state index is 12.6. The lowest BCUT2D eigenvalue weighted by molar-refractivity contribution is 0.103. The maximum atomic E-state index is 12.6. The third-order valence-electron chi connectivity index (χ3n) is 5.07. The Kier molecular flexibility index (Phi) is 5.50. The van der Waals surface area contributed by atoms with Crippen LogP contribution in [0.15, 0.2) is 71.9 Å². The van der Waals surface area contributed by atoms with Crippen molar-refractivity contribution >= 4 is 27.4 Å². The Balaban J connectivity index is 1.49. The molecule has 29 heavy (non-hydrogen) atoms. The first kappa shape index (κ1) is 19.8. The van der Waals surface area contributed by atoms with Crippen molar-refractivity contribution in [2.45, 2.75) is 30.2 Å². The topological polar surface area (TPSA) is 76.1 Å². The number of fused-ring (bicyclic) bond motifs is 1. The number of nitrogens with zero attached hydrogens (tertiary/aromatic N) is 1. The normalized spacial score (nSPS) is 16.2. The molecule has 0 amide bonds. The summed E-state index contributed by atoms with van der Waals surface area (Å²) in [6, 6.07) is 15.0. The summed E-state index contributed by atoms with van der Waals surface area (Å²) in [7, 11) is -3.61. The molecule has 1 atom stereocenters. The number of rotatable bonds is 5. The van der Waals surface area contributed by atoms with Gasteiger partial charge >= 0.3 is 0 Å². The zero-order valence-electron chi connectivity index (χ0n) is 15.5. The van der Waals surface area contributed by atoms with Crippen molar-refractivity contribution in [2.24, 2.45) is 0 Å². The summed E-state index contributed by atoms with van der Waals surface area (Å²) in [6.07, 6.45) is 5.16. The van der Waals surface area contributed by atoms with Crippen LogP contribution in [0.2, 0.25) is 5.02 Å². The minimum absolute atomic E-state index is 0.0635. The number of hydrogen-bond donors (Lipinski definition) is 1. The third kappa shape index (κ3) is 4.40. The van der Waals surface area contributed by atoms with Crippen LogP contribution in [0.4, 0.5) is 0 Å². The Morgan fingerprint density at radius 2 is 1.83 bits per heavy atom. The smallest absolute Gasteiger partial charge is 0.240 e. The van der Waals surface area contributed by atoms with Crippen LogP contribution in [-0.2, 0) is 22.9 Å². The second kappa shape index (κ2) is 8.06. The first-order valence-corrected chi connectivity index (χ1v) is 11.1. The Bertz CT molecular complexity index is 1150. The summed E-state index contributed by atoms with van der Waals surface area (Å²) in [5, 5.41) is 0.493. The van der Waals surface area contributed by atoms with E-state index in [1.54, 1.807) is 42.7 Å². The number of carbonyl (C=O) groups is 1. The monoisotopic (exact) mass is 426 g/mol. The molecule has 1 N–H and O–H groups in total. The quantitative estimate of drug-likeness (QED) is 0.629. The van der Waals surface area contributed by atoms with E-state index < -0.39 is 10.0 Å². The van der Waals surface area contributed by atoms with Crippen molar-refractivity contribution in [1.82, 2.24) is 9.71 Å². The molecule has 0 aliphatic heterocycles. The second-order valence-electron chi connectivity index (χ2n) is 7.07. The molecule has 1 unspecified atom stereocenters. The molecule has 1 aliphatic rings. The number of pyridine rings is 1. The lowest BCUT2D eigenvalue weighted by Crippen LogP contribution is -2.38. The standard InChI is InChI=1S/C22H19ClN2O3S/c23-19-6-9-21(10-7-19)29(27,28)25-20-8-5-15-12-17(4-3-16(15)13-20)22(26)18-2-1-11-24-14-18/h1-4,6-7,9-12,14,20,25H,5,8,13H2. The fraction of sp³-hybridized carbons (Fsp3) is 0.182. The van der Waals surface area contributed by atoms with Gasteiger partial charge in [-0.15, -0.1) is 0 Å². The molecular weight excluding hydrogens is 408 g/mol. The van der Waals surface area contributed by atoms with E-state index in [2.05, 4.69) is 9.71 Å². The summed E-state index contributed by atoms with van der Waals surface area (Å²) in [4.78, 5) is 16.8. The van der Waals surface area contributed by atoms with E-state index in [-0.39, 0.29) is 16.7 Å². The van der Waals surface area contributed by atoms with E-state index in [4.69, 9.17) is 11.6 Å². The third-order valence-corrected chi connectivity index (χ3v) is 6.85.